The van der Waals surface area contributed by atoms with Crippen LogP contribution in [-0.2, 0) is 22.9 Å². The molecule has 2 aromatic rings. The maximum absolute atomic E-state index is 12.3. The first kappa shape index (κ1) is 14.3. The van der Waals surface area contributed by atoms with E-state index < -0.39 is 10.0 Å². The second kappa shape index (κ2) is 5.30. The molecule has 0 spiro atoms. The number of aromatic nitrogens is 1. The predicted molar refractivity (Wildman–Crippen MR) is 81.1 cm³/mol. The first-order valence-corrected chi connectivity index (χ1v) is 8.88. The summed E-state index contributed by atoms with van der Waals surface area (Å²) in [7, 11) is -3.77. The number of sulfonamides is 1. The molecule has 0 bridgehead atoms. The van der Waals surface area contributed by atoms with Gasteiger partial charge >= 0.3 is 0 Å². The van der Waals surface area contributed by atoms with Crippen LogP contribution in [0, 0.1) is 11.3 Å². The molecule has 0 radical (unpaired) electrons. The Balaban J connectivity index is 1.99. The molecule has 108 valence electrons. The largest absolute Gasteiger partial charge is 0.269 e. The molecule has 0 aromatic carbocycles. The number of hydrogen-bond acceptors (Lipinski definition) is 5. The number of nitrogens with one attached hydrogen (secondary N) is 1. The lowest BCUT2D eigenvalue weighted by molar-refractivity contribution is 0.601. The molecule has 5 nitrogen and oxygen atoms in total. The normalized spacial score (nSPS) is 13.7. The molecule has 0 unspecified atom stereocenters. The Kier molecular flexibility index (Phi) is 3.61. The summed E-state index contributed by atoms with van der Waals surface area (Å²) in [5.74, 6) is 0. The van der Waals surface area contributed by atoms with E-state index in [0.717, 1.165) is 29.7 Å². The number of anilines is 1. The highest BCUT2D eigenvalue weighted by molar-refractivity contribution is 7.93. The van der Waals surface area contributed by atoms with Gasteiger partial charge in [0, 0.05) is 11.1 Å². The standard InChI is InChI=1S/C13H10ClN3O2S2/c14-12-6-8(4-5-16-12)21(18,19)17-13-10(7-15)9-2-1-3-11(9)20-13/h4-6,17H,1-3H2. The van der Waals surface area contributed by atoms with Crippen molar-refractivity contribution in [2.45, 2.75) is 24.2 Å². The molecule has 8 heteroatoms. The number of rotatable bonds is 3. The minimum absolute atomic E-state index is 0.0277. The van der Waals surface area contributed by atoms with E-state index >= 15 is 0 Å². The molecular weight excluding hydrogens is 330 g/mol. The van der Waals surface area contributed by atoms with E-state index in [0.29, 0.717) is 10.6 Å². The monoisotopic (exact) mass is 339 g/mol. The lowest BCUT2D eigenvalue weighted by Crippen LogP contribution is -2.13. The lowest BCUT2D eigenvalue weighted by Gasteiger charge is -2.07. The molecule has 0 saturated heterocycles. The molecule has 2 aromatic heterocycles. The summed E-state index contributed by atoms with van der Waals surface area (Å²) in [6.07, 6.45) is 4.08. The highest BCUT2D eigenvalue weighted by Gasteiger charge is 2.25. The molecule has 0 saturated carbocycles. The van der Waals surface area contributed by atoms with Crippen LogP contribution in [0.1, 0.15) is 22.4 Å². The quantitative estimate of drug-likeness (QED) is 0.871. The Hall–Kier alpha value is -1.62. The summed E-state index contributed by atoms with van der Waals surface area (Å²) in [5, 5.41) is 9.76. The minimum atomic E-state index is -3.77. The minimum Gasteiger partial charge on any atom is -0.269 e. The molecule has 0 amide bonds. The second-order valence-corrected chi connectivity index (χ2v) is 7.77. The number of pyridine rings is 1. The lowest BCUT2D eigenvalue weighted by atomic mass is 10.1. The van der Waals surface area contributed by atoms with Gasteiger partial charge in [-0.1, -0.05) is 11.6 Å². The fraction of sp³-hybridized carbons (Fsp3) is 0.231. The van der Waals surface area contributed by atoms with Crippen molar-refractivity contribution in [3.63, 3.8) is 0 Å². The van der Waals surface area contributed by atoms with E-state index in [2.05, 4.69) is 15.8 Å². The van der Waals surface area contributed by atoms with Crippen molar-refractivity contribution >= 4 is 38.0 Å². The number of thiophene rings is 1. The fourth-order valence-corrected chi connectivity index (χ4v) is 5.12. The van der Waals surface area contributed by atoms with Gasteiger partial charge in [-0.3, -0.25) is 4.72 Å². The third-order valence-corrected chi connectivity index (χ3v) is 6.16. The molecule has 1 aliphatic carbocycles. The number of nitriles is 1. The smallest absolute Gasteiger partial charge is 0.262 e. The van der Waals surface area contributed by atoms with Gasteiger partial charge in [0.15, 0.2) is 0 Å². The molecule has 1 N–H and O–H groups in total. The molecule has 21 heavy (non-hydrogen) atoms. The topological polar surface area (TPSA) is 82.9 Å². The molecule has 0 fully saturated rings. The van der Waals surface area contributed by atoms with Crippen molar-refractivity contribution in [2.75, 3.05) is 4.72 Å². The van der Waals surface area contributed by atoms with Crippen LogP contribution in [0.25, 0.3) is 0 Å². The average molecular weight is 340 g/mol. The first-order valence-electron chi connectivity index (χ1n) is 6.20. The van der Waals surface area contributed by atoms with Crippen LogP contribution in [0.2, 0.25) is 5.15 Å². The Morgan fingerprint density at radius 2 is 2.24 bits per heavy atom. The summed E-state index contributed by atoms with van der Waals surface area (Å²) >= 11 is 7.06. The van der Waals surface area contributed by atoms with E-state index in [1.54, 1.807) is 0 Å². The Bertz CT molecular complexity index is 853. The summed E-state index contributed by atoms with van der Waals surface area (Å²) in [6.45, 7) is 0. The van der Waals surface area contributed by atoms with Crippen LogP contribution in [-0.4, -0.2) is 13.4 Å². The van der Waals surface area contributed by atoms with Crippen molar-refractivity contribution in [3.05, 3.63) is 39.5 Å². The maximum atomic E-state index is 12.3. The summed E-state index contributed by atoms with van der Waals surface area (Å²) in [4.78, 5) is 4.88. The Morgan fingerprint density at radius 1 is 1.43 bits per heavy atom. The van der Waals surface area contributed by atoms with Gasteiger partial charge in [-0.15, -0.1) is 11.3 Å². The Labute approximate surface area is 131 Å². The van der Waals surface area contributed by atoms with Gasteiger partial charge < -0.3 is 0 Å². The summed E-state index contributed by atoms with van der Waals surface area (Å²) in [5.41, 5.74) is 1.42. The van der Waals surface area contributed by atoms with Crippen LogP contribution in [0.5, 0.6) is 0 Å². The van der Waals surface area contributed by atoms with Gasteiger partial charge in [0.2, 0.25) is 0 Å². The molecule has 3 rings (SSSR count). The van der Waals surface area contributed by atoms with E-state index in [-0.39, 0.29) is 10.0 Å². The van der Waals surface area contributed by atoms with Crippen molar-refractivity contribution in [1.29, 1.82) is 5.26 Å². The van der Waals surface area contributed by atoms with Crippen molar-refractivity contribution in [2.24, 2.45) is 0 Å². The zero-order chi connectivity index (χ0) is 15.0. The van der Waals surface area contributed by atoms with Crippen LogP contribution in [0.15, 0.2) is 23.2 Å². The van der Waals surface area contributed by atoms with Crippen molar-refractivity contribution in [3.8, 4) is 6.07 Å². The number of fused-ring (bicyclic) bond motifs is 1. The van der Waals surface area contributed by atoms with Gasteiger partial charge in [0.05, 0.1) is 10.5 Å². The number of halogens is 1. The maximum Gasteiger partial charge on any atom is 0.262 e. The van der Waals surface area contributed by atoms with Crippen LogP contribution >= 0.6 is 22.9 Å². The SMILES string of the molecule is N#Cc1c(NS(=O)(=O)c2ccnc(Cl)c2)sc2c1CCC2. The second-order valence-electron chi connectivity index (χ2n) is 4.59. The zero-order valence-corrected chi connectivity index (χ0v) is 13.1. The van der Waals surface area contributed by atoms with Crippen LogP contribution < -0.4 is 4.72 Å². The van der Waals surface area contributed by atoms with E-state index in [1.165, 1.54) is 29.7 Å². The fourth-order valence-electron chi connectivity index (χ4n) is 2.33. The highest BCUT2D eigenvalue weighted by atomic mass is 35.5. The van der Waals surface area contributed by atoms with Crippen molar-refractivity contribution in [1.82, 2.24) is 4.98 Å². The third-order valence-electron chi connectivity index (χ3n) is 3.27. The Morgan fingerprint density at radius 3 is 2.95 bits per heavy atom. The van der Waals surface area contributed by atoms with Gasteiger partial charge in [0.1, 0.15) is 16.2 Å². The highest BCUT2D eigenvalue weighted by Crippen LogP contribution is 2.39. The van der Waals surface area contributed by atoms with E-state index in [1.807, 2.05) is 0 Å². The van der Waals surface area contributed by atoms with Gasteiger partial charge in [-0.2, -0.15) is 5.26 Å². The molecule has 0 atom stereocenters. The molecule has 0 aliphatic heterocycles. The average Bonchev–Trinajstić information content (AvgIpc) is 2.98. The number of hydrogen-bond donors (Lipinski definition) is 1. The van der Waals surface area contributed by atoms with E-state index in [9.17, 15) is 13.7 Å². The zero-order valence-electron chi connectivity index (χ0n) is 10.8. The van der Waals surface area contributed by atoms with Gasteiger partial charge in [-0.25, -0.2) is 13.4 Å². The third kappa shape index (κ3) is 2.62. The number of nitrogens with zero attached hydrogens (tertiary/aromatic N) is 2. The predicted octanol–water partition coefficient (Wildman–Crippen LogP) is 2.96. The van der Waals surface area contributed by atoms with Crippen LogP contribution in [0.4, 0.5) is 5.00 Å². The van der Waals surface area contributed by atoms with Crippen molar-refractivity contribution < 1.29 is 8.42 Å². The number of aryl methyl sites for hydroxylation is 1. The van der Waals surface area contributed by atoms with Crippen LogP contribution in [0.3, 0.4) is 0 Å². The molecule has 1 aliphatic rings. The van der Waals surface area contributed by atoms with Gasteiger partial charge in [0.25, 0.3) is 10.0 Å². The summed E-state index contributed by atoms with van der Waals surface area (Å²) < 4.78 is 27.2. The van der Waals surface area contributed by atoms with E-state index in [4.69, 9.17) is 11.6 Å². The molecule has 2 heterocycles. The summed E-state index contributed by atoms with van der Waals surface area (Å²) in [6, 6.07) is 4.74. The van der Waals surface area contributed by atoms with Gasteiger partial charge in [-0.05, 0) is 37.0 Å². The molecular formula is C13H10ClN3O2S2. The first-order chi connectivity index (χ1) is 10.0.